The molecule has 3 heteroatoms. The standard InChI is InChI=1S/C14H27NO2/c1-3-11-6-7-13(8-11,9-15)14(16,10-17-2)12-4-5-12/h11-12,16H,3-10,15H2,1-2H3. The van der Waals surface area contributed by atoms with E-state index in [2.05, 4.69) is 6.92 Å². The molecule has 0 amide bonds. The van der Waals surface area contributed by atoms with E-state index in [1.807, 2.05) is 0 Å². The Morgan fingerprint density at radius 1 is 1.41 bits per heavy atom. The number of ether oxygens (including phenoxy) is 1. The minimum atomic E-state index is -0.680. The first-order chi connectivity index (χ1) is 8.12. The van der Waals surface area contributed by atoms with Crippen LogP contribution in [-0.2, 0) is 4.74 Å². The normalized spacial score (nSPS) is 37.1. The molecule has 0 aromatic rings. The van der Waals surface area contributed by atoms with Crippen molar-refractivity contribution in [1.29, 1.82) is 0 Å². The van der Waals surface area contributed by atoms with Gasteiger partial charge in [0.1, 0.15) is 0 Å². The molecule has 2 rings (SSSR count). The summed E-state index contributed by atoms with van der Waals surface area (Å²) in [6, 6.07) is 0. The zero-order chi connectivity index (χ0) is 12.5. The van der Waals surface area contributed by atoms with Crippen LogP contribution in [0.3, 0.4) is 0 Å². The van der Waals surface area contributed by atoms with Gasteiger partial charge in [-0.3, -0.25) is 0 Å². The molecule has 3 unspecified atom stereocenters. The van der Waals surface area contributed by atoms with E-state index in [0.717, 1.165) is 31.6 Å². The predicted molar refractivity (Wildman–Crippen MR) is 68.7 cm³/mol. The second-order valence-corrected chi connectivity index (χ2v) is 6.13. The molecule has 3 atom stereocenters. The summed E-state index contributed by atoms with van der Waals surface area (Å²) in [5, 5.41) is 11.1. The number of methoxy groups -OCH3 is 1. The maximum absolute atomic E-state index is 11.1. The molecule has 0 heterocycles. The van der Waals surface area contributed by atoms with Crippen molar-refractivity contribution < 1.29 is 9.84 Å². The van der Waals surface area contributed by atoms with Gasteiger partial charge in [0, 0.05) is 19.1 Å². The Morgan fingerprint density at radius 2 is 2.12 bits per heavy atom. The lowest BCUT2D eigenvalue weighted by Crippen LogP contribution is -2.56. The van der Waals surface area contributed by atoms with E-state index < -0.39 is 5.60 Å². The highest BCUT2D eigenvalue weighted by molar-refractivity contribution is 5.10. The maximum Gasteiger partial charge on any atom is 0.0975 e. The SMILES string of the molecule is CCC1CCC(CN)(C(O)(COC)C2CC2)C1. The molecular formula is C14H27NO2. The highest BCUT2D eigenvalue weighted by Crippen LogP contribution is 2.57. The molecule has 0 saturated heterocycles. The zero-order valence-corrected chi connectivity index (χ0v) is 11.2. The molecule has 0 radical (unpaired) electrons. The Morgan fingerprint density at radius 3 is 2.53 bits per heavy atom. The van der Waals surface area contributed by atoms with Crippen molar-refractivity contribution in [2.24, 2.45) is 23.0 Å². The molecular weight excluding hydrogens is 214 g/mol. The van der Waals surface area contributed by atoms with E-state index >= 15 is 0 Å². The van der Waals surface area contributed by atoms with Gasteiger partial charge in [-0.15, -0.1) is 0 Å². The highest BCUT2D eigenvalue weighted by Gasteiger charge is 2.59. The van der Waals surface area contributed by atoms with Gasteiger partial charge in [0.2, 0.25) is 0 Å². The van der Waals surface area contributed by atoms with Gasteiger partial charge in [0.15, 0.2) is 0 Å². The monoisotopic (exact) mass is 241 g/mol. The van der Waals surface area contributed by atoms with Crippen molar-refractivity contribution in [3.05, 3.63) is 0 Å². The molecule has 2 aliphatic carbocycles. The fraction of sp³-hybridized carbons (Fsp3) is 1.00. The molecule has 2 fully saturated rings. The number of nitrogens with two attached hydrogens (primary N) is 1. The van der Waals surface area contributed by atoms with Crippen LogP contribution in [0.25, 0.3) is 0 Å². The Balaban J connectivity index is 2.20. The second-order valence-electron chi connectivity index (χ2n) is 6.13. The highest BCUT2D eigenvalue weighted by atomic mass is 16.5. The lowest BCUT2D eigenvalue weighted by molar-refractivity contribution is -0.136. The van der Waals surface area contributed by atoms with Gasteiger partial charge >= 0.3 is 0 Å². The summed E-state index contributed by atoms with van der Waals surface area (Å²) in [6.07, 6.45) is 6.84. The molecule has 100 valence electrons. The average Bonchev–Trinajstić information content (AvgIpc) is 3.09. The van der Waals surface area contributed by atoms with Crippen LogP contribution < -0.4 is 5.73 Å². The summed E-state index contributed by atoms with van der Waals surface area (Å²) in [5.41, 5.74) is 5.28. The van der Waals surface area contributed by atoms with Crippen molar-refractivity contribution in [1.82, 2.24) is 0 Å². The van der Waals surface area contributed by atoms with Gasteiger partial charge in [-0.2, -0.15) is 0 Å². The summed E-state index contributed by atoms with van der Waals surface area (Å²) in [4.78, 5) is 0. The third-order valence-corrected chi connectivity index (χ3v) is 5.21. The summed E-state index contributed by atoms with van der Waals surface area (Å²) < 4.78 is 5.31. The van der Waals surface area contributed by atoms with Gasteiger partial charge in [-0.1, -0.05) is 13.3 Å². The molecule has 0 aromatic carbocycles. The van der Waals surface area contributed by atoms with Crippen LogP contribution in [0.15, 0.2) is 0 Å². The van der Waals surface area contributed by atoms with Gasteiger partial charge in [-0.25, -0.2) is 0 Å². The summed E-state index contributed by atoms with van der Waals surface area (Å²) in [7, 11) is 1.68. The molecule has 0 aliphatic heterocycles. The lowest BCUT2D eigenvalue weighted by Gasteiger charge is -2.45. The van der Waals surface area contributed by atoms with Crippen molar-refractivity contribution in [2.75, 3.05) is 20.3 Å². The zero-order valence-electron chi connectivity index (χ0n) is 11.2. The topological polar surface area (TPSA) is 55.5 Å². The fourth-order valence-electron chi connectivity index (χ4n) is 3.83. The Kier molecular flexibility index (Phi) is 3.81. The fourth-order valence-corrected chi connectivity index (χ4v) is 3.83. The molecule has 2 saturated carbocycles. The molecule has 0 aromatic heterocycles. The first-order valence-corrected chi connectivity index (χ1v) is 7.03. The van der Waals surface area contributed by atoms with Gasteiger partial charge in [-0.05, 0) is 43.9 Å². The van der Waals surface area contributed by atoms with Crippen molar-refractivity contribution >= 4 is 0 Å². The molecule has 17 heavy (non-hydrogen) atoms. The second kappa shape index (κ2) is 4.87. The van der Waals surface area contributed by atoms with Gasteiger partial charge in [0.05, 0.1) is 12.2 Å². The first-order valence-electron chi connectivity index (χ1n) is 7.03. The van der Waals surface area contributed by atoms with Crippen LogP contribution in [0.4, 0.5) is 0 Å². The van der Waals surface area contributed by atoms with Crippen molar-refractivity contribution in [3.8, 4) is 0 Å². The summed E-state index contributed by atoms with van der Waals surface area (Å²) >= 11 is 0. The third-order valence-electron chi connectivity index (χ3n) is 5.21. The van der Waals surface area contributed by atoms with Crippen LogP contribution in [0.1, 0.15) is 45.4 Å². The smallest absolute Gasteiger partial charge is 0.0975 e. The van der Waals surface area contributed by atoms with Crippen LogP contribution in [0.5, 0.6) is 0 Å². The Bertz CT molecular complexity index is 267. The molecule has 2 aliphatic rings. The van der Waals surface area contributed by atoms with Gasteiger partial charge in [0.25, 0.3) is 0 Å². The largest absolute Gasteiger partial charge is 0.387 e. The Labute approximate surface area is 105 Å². The number of hydrogen-bond acceptors (Lipinski definition) is 3. The molecule has 0 spiro atoms. The van der Waals surface area contributed by atoms with E-state index in [1.165, 1.54) is 12.8 Å². The molecule has 0 bridgehead atoms. The first kappa shape index (κ1) is 13.3. The third kappa shape index (κ3) is 2.13. The van der Waals surface area contributed by atoms with Crippen LogP contribution in [0.2, 0.25) is 0 Å². The lowest BCUT2D eigenvalue weighted by atomic mass is 9.67. The number of hydrogen-bond donors (Lipinski definition) is 2. The molecule has 3 N–H and O–H groups in total. The average molecular weight is 241 g/mol. The number of aliphatic hydroxyl groups is 1. The van der Waals surface area contributed by atoms with E-state index in [0.29, 0.717) is 19.1 Å². The van der Waals surface area contributed by atoms with Crippen LogP contribution in [-0.4, -0.2) is 31.0 Å². The Hall–Kier alpha value is -0.120. The minimum Gasteiger partial charge on any atom is -0.387 e. The minimum absolute atomic E-state index is 0.0924. The summed E-state index contributed by atoms with van der Waals surface area (Å²) in [6.45, 7) is 3.29. The van der Waals surface area contributed by atoms with Crippen LogP contribution in [0, 0.1) is 17.3 Å². The van der Waals surface area contributed by atoms with Crippen LogP contribution >= 0.6 is 0 Å². The summed E-state index contributed by atoms with van der Waals surface area (Å²) in [5.74, 6) is 1.15. The van der Waals surface area contributed by atoms with E-state index in [4.69, 9.17) is 10.5 Å². The number of rotatable bonds is 6. The predicted octanol–water partition coefficient (Wildman–Crippen LogP) is 1.93. The maximum atomic E-state index is 11.1. The van der Waals surface area contributed by atoms with E-state index in [9.17, 15) is 5.11 Å². The van der Waals surface area contributed by atoms with E-state index in [-0.39, 0.29) is 5.41 Å². The van der Waals surface area contributed by atoms with E-state index in [1.54, 1.807) is 7.11 Å². The quantitative estimate of drug-likeness (QED) is 0.747. The van der Waals surface area contributed by atoms with Crippen molar-refractivity contribution in [3.63, 3.8) is 0 Å². The molecule has 3 nitrogen and oxygen atoms in total. The van der Waals surface area contributed by atoms with Crippen molar-refractivity contribution in [2.45, 2.75) is 51.0 Å². The van der Waals surface area contributed by atoms with Gasteiger partial charge < -0.3 is 15.6 Å².